The summed E-state index contributed by atoms with van der Waals surface area (Å²) in [6.45, 7) is 1.57. The van der Waals surface area contributed by atoms with Gasteiger partial charge in [-0.3, -0.25) is 19.4 Å². The number of nitrogens with zero attached hydrogens (tertiary/aromatic N) is 3. The molecule has 2 unspecified atom stereocenters. The molecule has 0 fully saturated rings. The number of thioether (sulfide) groups is 1. The van der Waals surface area contributed by atoms with Gasteiger partial charge in [0.05, 0.1) is 22.8 Å². The van der Waals surface area contributed by atoms with Crippen molar-refractivity contribution in [2.45, 2.75) is 24.0 Å². The molecule has 0 saturated carbocycles. The molecule has 178 valence electrons. The number of fused-ring (bicyclic) bond motifs is 1. The Hall–Kier alpha value is -3.98. The number of nitrogens with one attached hydrogen (secondary N) is 2. The molecule has 2 heterocycles. The summed E-state index contributed by atoms with van der Waals surface area (Å²) in [7, 11) is 1.64. The molecule has 3 amide bonds. The number of anilines is 1. The summed E-state index contributed by atoms with van der Waals surface area (Å²) in [5.74, 6) is -1.01. The van der Waals surface area contributed by atoms with E-state index in [1.807, 2.05) is 60.7 Å². The van der Waals surface area contributed by atoms with Crippen LogP contribution in [0.2, 0.25) is 0 Å². The van der Waals surface area contributed by atoms with E-state index in [0.29, 0.717) is 17.1 Å². The maximum atomic E-state index is 13.2. The van der Waals surface area contributed by atoms with Crippen molar-refractivity contribution in [2.75, 3.05) is 17.7 Å². The van der Waals surface area contributed by atoms with E-state index >= 15 is 0 Å². The van der Waals surface area contributed by atoms with E-state index in [9.17, 15) is 14.4 Å². The van der Waals surface area contributed by atoms with E-state index in [-0.39, 0.29) is 11.7 Å². The summed E-state index contributed by atoms with van der Waals surface area (Å²) in [4.78, 5) is 49.9. The number of likely N-dealkylation sites (N-methyl/N-ethyl adjacent to an activating group) is 1. The van der Waals surface area contributed by atoms with Crippen LogP contribution in [0.3, 0.4) is 0 Å². The van der Waals surface area contributed by atoms with Crippen molar-refractivity contribution in [2.24, 2.45) is 4.99 Å². The molecule has 0 bridgehead atoms. The van der Waals surface area contributed by atoms with Gasteiger partial charge in [0.1, 0.15) is 6.04 Å². The maximum absolute atomic E-state index is 13.2. The second kappa shape index (κ2) is 11.0. The molecule has 4 rings (SSSR count). The van der Waals surface area contributed by atoms with Crippen molar-refractivity contribution < 1.29 is 14.4 Å². The highest BCUT2D eigenvalue weighted by Gasteiger charge is 2.32. The molecule has 9 heteroatoms. The number of rotatable bonds is 7. The summed E-state index contributed by atoms with van der Waals surface area (Å²) in [6, 6.07) is 21.5. The molecule has 0 spiro atoms. The zero-order chi connectivity index (χ0) is 24.8. The SMILES string of the molecule is CC(NC(=O)CSc1ccccc1)C(=O)NC1N=C(c2ccccn2)c2ccccc2N(C)C1=O. The number of pyridine rings is 1. The fourth-order valence-electron chi connectivity index (χ4n) is 3.60. The van der Waals surface area contributed by atoms with E-state index < -0.39 is 24.0 Å². The number of aromatic nitrogens is 1. The molecule has 1 aliphatic heterocycles. The Morgan fingerprint density at radius 2 is 1.74 bits per heavy atom. The number of benzodiazepines with no additional fused rings is 1. The van der Waals surface area contributed by atoms with Crippen LogP contribution < -0.4 is 15.5 Å². The molecule has 2 aromatic carbocycles. The molecule has 1 aromatic heterocycles. The van der Waals surface area contributed by atoms with Gasteiger partial charge in [0.25, 0.3) is 5.91 Å². The van der Waals surface area contributed by atoms with Crippen LogP contribution in [0.1, 0.15) is 18.2 Å². The monoisotopic (exact) mass is 487 g/mol. The van der Waals surface area contributed by atoms with Crippen molar-refractivity contribution in [3.63, 3.8) is 0 Å². The van der Waals surface area contributed by atoms with Gasteiger partial charge >= 0.3 is 0 Å². The summed E-state index contributed by atoms with van der Waals surface area (Å²) in [5.41, 5.74) is 2.48. The Bertz CT molecular complexity index is 1250. The average Bonchev–Trinajstić information content (AvgIpc) is 2.99. The van der Waals surface area contributed by atoms with Gasteiger partial charge in [-0.05, 0) is 37.3 Å². The number of para-hydroxylation sites is 1. The van der Waals surface area contributed by atoms with Gasteiger partial charge < -0.3 is 15.5 Å². The number of hydrogen-bond donors (Lipinski definition) is 2. The van der Waals surface area contributed by atoms with Gasteiger partial charge in [-0.1, -0.05) is 42.5 Å². The van der Waals surface area contributed by atoms with Gasteiger partial charge in [0, 0.05) is 23.7 Å². The fraction of sp³-hybridized carbons (Fsp3) is 0.192. The van der Waals surface area contributed by atoms with Crippen LogP contribution in [0.25, 0.3) is 0 Å². The lowest BCUT2D eigenvalue weighted by atomic mass is 10.0. The Labute approximate surface area is 207 Å². The molecule has 2 N–H and O–H groups in total. The third kappa shape index (κ3) is 5.75. The number of benzene rings is 2. The van der Waals surface area contributed by atoms with E-state index in [4.69, 9.17) is 0 Å². The predicted octanol–water partition coefficient (Wildman–Crippen LogP) is 2.63. The zero-order valence-electron chi connectivity index (χ0n) is 19.3. The maximum Gasteiger partial charge on any atom is 0.272 e. The summed E-state index contributed by atoms with van der Waals surface area (Å²) < 4.78 is 0. The number of hydrogen-bond acceptors (Lipinski definition) is 6. The molecule has 0 saturated heterocycles. The molecule has 2 atom stereocenters. The quantitative estimate of drug-likeness (QED) is 0.499. The summed E-state index contributed by atoms with van der Waals surface area (Å²) >= 11 is 1.38. The van der Waals surface area contributed by atoms with Crippen LogP contribution in [0.4, 0.5) is 5.69 Å². The Kier molecular flexibility index (Phi) is 7.57. The van der Waals surface area contributed by atoms with Crippen LogP contribution in [0, 0.1) is 0 Å². The number of aliphatic imine (C=N–C) groups is 1. The lowest BCUT2D eigenvalue weighted by Crippen LogP contribution is -2.52. The molecule has 1 aliphatic rings. The second-order valence-electron chi connectivity index (χ2n) is 7.91. The first-order valence-corrected chi connectivity index (χ1v) is 12.1. The molecular formula is C26H25N5O3S. The van der Waals surface area contributed by atoms with Crippen LogP contribution in [0.5, 0.6) is 0 Å². The molecule has 0 radical (unpaired) electrons. The van der Waals surface area contributed by atoms with E-state index in [2.05, 4.69) is 20.6 Å². The first-order chi connectivity index (χ1) is 16.9. The molecule has 3 aromatic rings. The van der Waals surface area contributed by atoms with Gasteiger partial charge in [-0.2, -0.15) is 0 Å². The van der Waals surface area contributed by atoms with Crippen molar-refractivity contribution in [3.05, 3.63) is 90.3 Å². The third-order valence-electron chi connectivity index (χ3n) is 5.41. The Balaban J connectivity index is 1.49. The minimum atomic E-state index is -1.17. The van der Waals surface area contributed by atoms with Crippen molar-refractivity contribution in [1.29, 1.82) is 0 Å². The van der Waals surface area contributed by atoms with E-state index in [1.54, 1.807) is 32.3 Å². The van der Waals surface area contributed by atoms with E-state index in [0.717, 1.165) is 10.5 Å². The zero-order valence-corrected chi connectivity index (χ0v) is 20.2. The van der Waals surface area contributed by atoms with Crippen LogP contribution in [-0.2, 0) is 14.4 Å². The lowest BCUT2D eigenvalue weighted by molar-refractivity contribution is -0.130. The standard InChI is InChI=1S/C26H25N5O3S/c1-17(28-22(32)16-35-18-10-4-3-5-11-18)25(33)30-24-26(34)31(2)21-14-7-6-12-19(21)23(29-24)20-13-8-9-15-27-20/h3-15,17,24H,16H2,1-2H3,(H,28,32)(H,30,33). The fourth-order valence-corrected chi connectivity index (χ4v) is 4.33. The minimum absolute atomic E-state index is 0.171. The van der Waals surface area contributed by atoms with Gasteiger partial charge in [-0.15, -0.1) is 11.8 Å². The van der Waals surface area contributed by atoms with E-state index in [1.165, 1.54) is 16.7 Å². The Morgan fingerprint density at radius 3 is 2.49 bits per heavy atom. The van der Waals surface area contributed by atoms with Crippen LogP contribution in [0.15, 0.2) is 88.9 Å². The predicted molar refractivity (Wildman–Crippen MR) is 136 cm³/mol. The first kappa shape index (κ1) is 24.2. The van der Waals surface area contributed by atoms with Crippen LogP contribution >= 0.6 is 11.8 Å². The number of amides is 3. The van der Waals surface area contributed by atoms with Gasteiger partial charge in [-0.25, -0.2) is 4.99 Å². The lowest BCUT2D eigenvalue weighted by Gasteiger charge is -2.22. The minimum Gasteiger partial charge on any atom is -0.344 e. The summed E-state index contributed by atoms with van der Waals surface area (Å²) in [5, 5.41) is 5.37. The smallest absolute Gasteiger partial charge is 0.272 e. The molecule has 35 heavy (non-hydrogen) atoms. The highest BCUT2D eigenvalue weighted by molar-refractivity contribution is 8.00. The van der Waals surface area contributed by atoms with Crippen molar-refractivity contribution in [1.82, 2.24) is 15.6 Å². The topological polar surface area (TPSA) is 104 Å². The second-order valence-corrected chi connectivity index (χ2v) is 8.96. The average molecular weight is 488 g/mol. The summed E-state index contributed by atoms with van der Waals surface area (Å²) in [6.07, 6.45) is 0.477. The van der Waals surface area contributed by atoms with Crippen molar-refractivity contribution in [3.8, 4) is 0 Å². The Morgan fingerprint density at radius 1 is 1.03 bits per heavy atom. The van der Waals surface area contributed by atoms with Gasteiger partial charge in [0.2, 0.25) is 18.0 Å². The van der Waals surface area contributed by atoms with Crippen LogP contribution in [-0.4, -0.2) is 53.4 Å². The molecular weight excluding hydrogens is 462 g/mol. The normalized spacial score (nSPS) is 15.9. The third-order valence-corrected chi connectivity index (χ3v) is 6.43. The highest BCUT2D eigenvalue weighted by atomic mass is 32.2. The molecule has 8 nitrogen and oxygen atoms in total. The number of carbonyl (C=O) groups is 3. The highest BCUT2D eigenvalue weighted by Crippen LogP contribution is 2.26. The number of carbonyl (C=O) groups excluding carboxylic acids is 3. The van der Waals surface area contributed by atoms with Crippen molar-refractivity contribution >= 4 is 40.9 Å². The first-order valence-electron chi connectivity index (χ1n) is 11.1. The molecule has 0 aliphatic carbocycles. The largest absolute Gasteiger partial charge is 0.344 e. The van der Waals surface area contributed by atoms with Gasteiger partial charge in [0.15, 0.2) is 0 Å².